The van der Waals surface area contributed by atoms with Crippen molar-refractivity contribution in [3.63, 3.8) is 0 Å². The van der Waals surface area contributed by atoms with E-state index in [4.69, 9.17) is 4.42 Å². The lowest BCUT2D eigenvalue weighted by Crippen LogP contribution is -2.03. The molecule has 0 unspecified atom stereocenters. The monoisotopic (exact) mass is 266 g/mol. The second kappa shape index (κ2) is 3.49. The number of halogens is 1. The quantitative estimate of drug-likeness (QED) is 0.731. The molecule has 0 aliphatic heterocycles. The maximum absolute atomic E-state index is 11.8. The molecule has 0 saturated carbocycles. The molecule has 0 radical (unpaired) electrons. The van der Waals surface area contributed by atoms with Gasteiger partial charge in [-0.3, -0.25) is 4.79 Å². The van der Waals surface area contributed by atoms with Crippen LogP contribution >= 0.6 is 15.9 Å². The fourth-order valence-corrected chi connectivity index (χ4v) is 2.08. The van der Waals surface area contributed by atoms with Gasteiger partial charge in [0.1, 0.15) is 11.3 Å². The second-order valence-electron chi connectivity index (χ2n) is 3.73. The molecular formula is C12H11BrO2. The van der Waals surface area contributed by atoms with Gasteiger partial charge < -0.3 is 4.42 Å². The van der Waals surface area contributed by atoms with Crippen LogP contribution in [0.25, 0.3) is 11.0 Å². The number of benzene rings is 1. The van der Waals surface area contributed by atoms with E-state index >= 15 is 0 Å². The first-order valence-corrected chi connectivity index (χ1v) is 5.50. The summed E-state index contributed by atoms with van der Waals surface area (Å²) in [6.45, 7) is 5.69. The van der Waals surface area contributed by atoms with Crippen LogP contribution in [0.15, 0.2) is 25.8 Å². The molecule has 1 aromatic heterocycles. The van der Waals surface area contributed by atoms with Crippen molar-refractivity contribution >= 4 is 26.9 Å². The van der Waals surface area contributed by atoms with Gasteiger partial charge in [0.15, 0.2) is 5.43 Å². The van der Waals surface area contributed by atoms with Crippen molar-refractivity contribution in [2.24, 2.45) is 0 Å². The summed E-state index contributed by atoms with van der Waals surface area (Å²) in [7, 11) is 0. The molecule has 3 heteroatoms. The first-order valence-electron chi connectivity index (χ1n) is 4.71. The third-order valence-corrected chi connectivity index (χ3v) is 3.72. The average molecular weight is 267 g/mol. The van der Waals surface area contributed by atoms with Gasteiger partial charge in [0.2, 0.25) is 0 Å². The largest absolute Gasteiger partial charge is 0.461 e. The van der Waals surface area contributed by atoms with Gasteiger partial charge in [-0.05, 0) is 38.0 Å². The van der Waals surface area contributed by atoms with Crippen LogP contribution < -0.4 is 5.43 Å². The minimum atomic E-state index is 0.0203. The second-order valence-corrected chi connectivity index (χ2v) is 4.52. The van der Waals surface area contributed by atoms with E-state index in [0.29, 0.717) is 16.7 Å². The van der Waals surface area contributed by atoms with Crippen LogP contribution in [-0.2, 0) is 0 Å². The molecule has 2 aromatic rings. The fourth-order valence-electron chi connectivity index (χ4n) is 1.77. The highest BCUT2D eigenvalue weighted by atomic mass is 79.9. The molecule has 0 aliphatic rings. The lowest BCUT2D eigenvalue weighted by Gasteiger charge is -2.07. The summed E-state index contributed by atoms with van der Waals surface area (Å²) < 4.78 is 6.52. The molecule has 2 nitrogen and oxygen atoms in total. The van der Waals surface area contributed by atoms with Gasteiger partial charge in [-0.1, -0.05) is 15.9 Å². The van der Waals surface area contributed by atoms with E-state index in [2.05, 4.69) is 15.9 Å². The SMILES string of the molecule is Cc1cc(=O)c2c(C)c(Br)c(C)cc2o1. The fraction of sp³-hybridized carbons (Fsp3) is 0.250. The Balaban J connectivity index is 3.06. The molecule has 0 saturated heterocycles. The minimum Gasteiger partial charge on any atom is -0.461 e. The van der Waals surface area contributed by atoms with E-state index in [9.17, 15) is 4.79 Å². The predicted octanol–water partition coefficient (Wildman–Crippen LogP) is 3.48. The number of hydrogen-bond donors (Lipinski definition) is 0. The van der Waals surface area contributed by atoms with Gasteiger partial charge in [0.05, 0.1) is 5.39 Å². The van der Waals surface area contributed by atoms with E-state index in [0.717, 1.165) is 15.6 Å². The Bertz CT molecular complexity index is 597. The van der Waals surface area contributed by atoms with E-state index in [1.165, 1.54) is 6.07 Å². The molecule has 15 heavy (non-hydrogen) atoms. The van der Waals surface area contributed by atoms with Crippen molar-refractivity contribution < 1.29 is 4.42 Å². The molecule has 0 spiro atoms. The van der Waals surface area contributed by atoms with Crippen LogP contribution in [0, 0.1) is 20.8 Å². The normalized spacial score (nSPS) is 10.9. The van der Waals surface area contributed by atoms with Crippen LogP contribution in [0.5, 0.6) is 0 Å². The van der Waals surface area contributed by atoms with Crippen molar-refractivity contribution in [1.82, 2.24) is 0 Å². The van der Waals surface area contributed by atoms with E-state index in [1.807, 2.05) is 19.9 Å². The lowest BCUT2D eigenvalue weighted by molar-refractivity contribution is 0.564. The maximum atomic E-state index is 11.8. The Morgan fingerprint density at radius 2 is 1.87 bits per heavy atom. The number of rotatable bonds is 0. The smallest absolute Gasteiger partial charge is 0.193 e. The zero-order valence-electron chi connectivity index (χ0n) is 8.85. The van der Waals surface area contributed by atoms with Crippen LogP contribution in [0.1, 0.15) is 16.9 Å². The Kier molecular flexibility index (Phi) is 2.43. The summed E-state index contributed by atoms with van der Waals surface area (Å²) in [5.74, 6) is 0.647. The molecule has 0 N–H and O–H groups in total. The zero-order valence-corrected chi connectivity index (χ0v) is 10.4. The summed E-state index contributed by atoms with van der Waals surface area (Å²) in [6, 6.07) is 3.41. The molecule has 0 aliphatic carbocycles. The number of fused-ring (bicyclic) bond motifs is 1. The topological polar surface area (TPSA) is 30.2 Å². The highest BCUT2D eigenvalue weighted by molar-refractivity contribution is 9.10. The zero-order chi connectivity index (χ0) is 11.2. The molecule has 0 amide bonds. The first kappa shape index (κ1) is 10.4. The molecule has 1 aromatic carbocycles. The summed E-state index contributed by atoms with van der Waals surface area (Å²) in [4.78, 5) is 11.8. The Morgan fingerprint density at radius 1 is 1.20 bits per heavy atom. The van der Waals surface area contributed by atoms with Gasteiger partial charge in [-0.2, -0.15) is 0 Å². The predicted molar refractivity (Wildman–Crippen MR) is 64.4 cm³/mol. The molecular weight excluding hydrogens is 256 g/mol. The minimum absolute atomic E-state index is 0.0203. The van der Waals surface area contributed by atoms with Crippen LogP contribution in [0.4, 0.5) is 0 Å². The van der Waals surface area contributed by atoms with E-state index in [-0.39, 0.29) is 5.43 Å². The summed E-state index contributed by atoms with van der Waals surface area (Å²) in [5, 5.41) is 0.665. The molecule has 0 bridgehead atoms. The van der Waals surface area contributed by atoms with E-state index in [1.54, 1.807) is 6.92 Å². The van der Waals surface area contributed by atoms with Gasteiger partial charge in [-0.15, -0.1) is 0 Å². The first-order chi connectivity index (χ1) is 7.00. The lowest BCUT2D eigenvalue weighted by atomic mass is 10.1. The third kappa shape index (κ3) is 1.61. The number of aryl methyl sites for hydroxylation is 3. The third-order valence-electron chi connectivity index (χ3n) is 2.50. The van der Waals surface area contributed by atoms with Gasteiger partial charge in [-0.25, -0.2) is 0 Å². The Hall–Kier alpha value is -1.09. The molecule has 2 rings (SSSR count). The van der Waals surface area contributed by atoms with E-state index < -0.39 is 0 Å². The highest BCUT2D eigenvalue weighted by Gasteiger charge is 2.10. The van der Waals surface area contributed by atoms with Crippen molar-refractivity contribution in [1.29, 1.82) is 0 Å². The van der Waals surface area contributed by atoms with Gasteiger partial charge in [0, 0.05) is 10.5 Å². The summed E-state index contributed by atoms with van der Waals surface area (Å²) in [6.07, 6.45) is 0. The summed E-state index contributed by atoms with van der Waals surface area (Å²) in [5.41, 5.74) is 2.71. The average Bonchev–Trinajstić information content (AvgIpc) is 2.13. The highest BCUT2D eigenvalue weighted by Crippen LogP contribution is 2.27. The van der Waals surface area contributed by atoms with Gasteiger partial charge in [0.25, 0.3) is 0 Å². The summed E-state index contributed by atoms with van der Waals surface area (Å²) >= 11 is 3.47. The maximum Gasteiger partial charge on any atom is 0.193 e. The molecule has 1 heterocycles. The molecule has 0 atom stereocenters. The Morgan fingerprint density at radius 3 is 2.53 bits per heavy atom. The van der Waals surface area contributed by atoms with Crippen LogP contribution in [0.2, 0.25) is 0 Å². The molecule has 0 fully saturated rings. The van der Waals surface area contributed by atoms with Gasteiger partial charge >= 0.3 is 0 Å². The standard InChI is InChI=1S/C12H11BrO2/c1-6-4-10-11(8(3)12(6)13)9(14)5-7(2)15-10/h4-5H,1-3H3. The van der Waals surface area contributed by atoms with Crippen molar-refractivity contribution in [2.45, 2.75) is 20.8 Å². The molecule has 78 valence electrons. The van der Waals surface area contributed by atoms with Crippen molar-refractivity contribution in [2.75, 3.05) is 0 Å². The van der Waals surface area contributed by atoms with Crippen LogP contribution in [-0.4, -0.2) is 0 Å². The van der Waals surface area contributed by atoms with Crippen LogP contribution in [0.3, 0.4) is 0 Å². The van der Waals surface area contributed by atoms with Crippen molar-refractivity contribution in [3.8, 4) is 0 Å². The Labute approximate surface area is 96.0 Å². The van der Waals surface area contributed by atoms with Crippen molar-refractivity contribution in [3.05, 3.63) is 43.7 Å². The number of hydrogen-bond acceptors (Lipinski definition) is 2.